The molecule has 0 aliphatic rings. The molecular weight excluding hydrogens is 344 g/mol. The number of hydrogen-bond donors (Lipinski definition) is 1. The van der Waals surface area contributed by atoms with Crippen molar-refractivity contribution in [1.82, 2.24) is 4.90 Å². The first kappa shape index (κ1) is 18.5. The number of anilines is 1. The second-order valence-electron chi connectivity index (χ2n) is 5.29. The Morgan fingerprint density at radius 2 is 2.04 bits per heavy atom. The summed E-state index contributed by atoms with van der Waals surface area (Å²) in [7, 11) is 4.47. The Morgan fingerprint density at radius 3 is 2.60 bits per heavy atom. The quantitative estimate of drug-likeness (QED) is 0.653. The highest BCUT2D eigenvalue weighted by Gasteiger charge is 2.26. The average molecular weight is 362 g/mol. The van der Waals surface area contributed by atoms with Crippen molar-refractivity contribution in [3.05, 3.63) is 46.2 Å². The minimum Gasteiger partial charge on any atom is -0.465 e. The summed E-state index contributed by atoms with van der Waals surface area (Å²) in [5.74, 6) is -0.794. The number of amides is 2. The lowest BCUT2D eigenvalue weighted by molar-refractivity contribution is -0.111. The van der Waals surface area contributed by atoms with Crippen LogP contribution in [0.4, 0.5) is 5.00 Å². The molecule has 0 atom stereocenters. The van der Waals surface area contributed by atoms with Crippen LogP contribution in [0.5, 0.6) is 0 Å². The standard InChI is InChI=1S/C17H18N2O5S/c1-10-13(17(22)23-4)15(25-14(10)16(21)19(2)3)18-12(20)8-7-11-6-5-9-24-11/h5-9H,1-4H3,(H,18,20). The van der Waals surface area contributed by atoms with Gasteiger partial charge in [-0.3, -0.25) is 9.59 Å². The second kappa shape index (κ2) is 7.80. The van der Waals surface area contributed by atoms with Gasteiger partial charge in [0.1, 0.15) is 10.8 Å². The summed E-state index contributed by atoms with van der Waals surface area (Å²) in [6, 6.07) is 3.40. The van der Waals surface area contributed by atoms with Gasteiger partial charge in [0.15, 0.2) is 0 Å². The number of hydrogen-bond acceptors (Lipinski definition) is 6. The van der Waals surface area contributed by atoms with Gasteiger partial charge in [0.25, 0.3) is 5.91 Å². The SMILES string of the molecule is COC(=O)c1c(NC(=O)C=Cc2ccco2)sc(C(=O)N(C)C)c1C. The van der Waals surface area contributed by atoms with E-state index in [0.717, 1.165) is 11.3 Å². The van der Waals surface area contributed by atoms with Gasteiger partial charge in [0, 0.05) is 20.2 Å². The monoisotopic (exact) mass is 362 g/mol. The number of rotatable bonds is 5. The van der Waals surface area contributed by atoms with E-state index in [1.807, 2.05) is 0 Å². The number of furan rings is 1. The van der Waals surface area contributed by atoms with Crippen molar-refractivity contribution in [2.75, 3.05) is 26.5 Å². The number of ether oxygens (including phenoxy) is 1. The van der Waals surface area contributed by atoms with Crippen LogP contribution in [0, 0.1) is 6.92 Å². The third-order valence-electron chi connectivity index (χ3n) is 3.32. The van der Waals surface area contributed by atoms with Crippen molar-refractivity contribution >= 4 is 40.2 Å². The van der Waals surface area contributed by atoms with Gasteiger partial charge >= 0.3 is 5.97 Å². The van der Waals surface area contributed by atoms with Gasteiger partial charge in [-0.1, -0.05) is 0 Å². The Kier molecular flexibility index (Phi) is 5.76. The number of carbonyl (C=O) groups is 3. The highest BCUT2D eigenvalue weighted by molar-refractivity contribution is 7.18. The molecule has 0 aromatic carbocycles. The molecule has 132 valence electrons. The topological polar surface area (TPSA) is 88.8 Å². The fraction of sp³-hybridized carbons (Fsp3) is 0.235. The lowest BCUT2D eigenvalue weighted by atomic mass is 10.1. The van der Waals surface area contributed by atoms with Crippen LogP contribution in [-0.2, 0) is 9.53 Å². The molecule has 0 unspecified atom stereocenters. The fourth-order valence-corrected chi connectivity index (χ4v) is 3.27. The summed E-state index contributed by atoms with van der Waals surface area (Å²) < 4.78 is 9.88. The molecule has 0 aliphatic heterocycles. The zero-order valence-corrected chi connectivity index (χ0v) is 15.1. The smallest absolute Gasteiger partial charge is 0.341 e. The summed E-state index contributed by atoms with van der Waals surface area (Å²) in [6.45, 7) is 1.65. The predicted molar refractivity (Wildman–Crippen MR) is 94.8 cm³/mol. The van der Waals surface area contributed by atoms with E-state index in [4.69, 9.17) is 9.15 Å². The second-order valence-corrected chi connectivity index (χ2v) is 6.31. The molecule has 2 rings (SSSR count). The molecule has 0 radical (unpaired) electrons. The van der Waals surface area contributed by atoms with E-state index >= 15 is 0 Å². The number of nitrogens with zero attached hydrogens (tertiary/aromatic N) is 1. The minimum atomic E-state index is -0.614. The summed E-state index contributed by atoms with van der Waals surface area (Å²) in [6.07, 6.45) is 4.27. The molecule has 7 nitrogen and oxygen atoms in total. The largest absolute Gasteiger partial charge is 0.465 e. The molecule has 0 saturated carbocycles. The van der Waals surface area contributed by atoms with Crippen LogP contribution in [0.15, 0.2) is 28.9 Å². The number of nitrogens with one attached hydrogen (secondary N) is 1. The van der Waals surface area contributed by atoms with Crippen molar-refractivity contribution in [2.45, 2.75) is 6.92 Å². The summed E-state index contributed by atoms with van der Waals surface area (Å²) in [5.41, 5.74) is 0.651. The van der Waals surface area contributed by atoms with Crippen LogP contribution in [0.25, 0.3) is 6.08 Å². The zero-order chi connectivity index (χ0) is 18.6. The van der Waals surface area contributed by atoms with Crippen LogP contribution in [0.1, 0.15) is 31.4 Å². The van der Waals surface area contributed by atoms with E-state index in [1.165, 1.54) is 30.4 Å². The molecule has 2 aromatic rings. The number of carbonyl (C=O) groups excluding carboxylic acids is 3. The van der Waals surface area contributed by atoms with Crippen molar-refractivity contribution in [3.63, 3.8) is 0 Å². The molecule has 2 aromatic heterocycles. The van der Waals surface area contributed by atoms with Gasteiger partial charge in [-0.2, -0.15) is 0 Å². The molecule has 1 N–H and O–H groups in total. The Labute approximate surface area is 148 Å². The van der Waals surface area contributed by atoms with E-state index in [2.05, 4.69) is 5.32 Å². The van der Waals surface area contributed by atoms with Gasteiger partial charge < -0.3 is 19.4 Å². The fourth-order valence-electron chi connectivity index (χ4n) is 2.05. The highest BCUT2D eigenvalue weighted by Crippen LogP contribution is 2.34. The van der Waals surface area contributed by atoms with Gasteiger partial charge in [0.2, 0.25) is 5.91 Å². The minimum absolute atomic E-state index is 0.178. The van der Waals surface area contributed by atoms with Crippen molar-refractivity contribution in [1.29, 1.82) is 0 Å². The Morgan fingerprint density at radius 1 is 1.32 bits per heavy atom. The van der Waals surface area contributed by atoms with E-state index in [9.17, 15) is 14.4 Å². The summed E-state index contributed by atoms with van der Waals surface area (Å²) >= 11 is 1.04. The van der Waals surface area contributed by atoms with Gasteiger partial charge in [0.05, 0.1) is 23.8 Å². The van der Waals surface area contributed by atoms with E-state index in [0.29, 0.717) is 16.2 Å². The third kappa shape index (κ3) is 4.16. The molecule has 0 saturated heterocycles. The zero-order valence-electron chi connectivity index (χ0n) is 14.3. The Balaban J connectivity index is 2.32. The molecule has 0 fully saturated rings. The van der Waals surface area contributed by atoms with Crippen molar-refractivity contribution in [2.24, 2.45) is 0 Å². The highest BCUT2D eigenvalue weighted by atomic mass is 32.1. The van der Waals surface area contributed by atoms with Crippen molar-refractivity contribution < 1.29 is 23.5 Å². The Bertz CT molecular complexity index is 818. The third-order valence-corrected chi connectivity index (χ3v) is 4.51. The molecule has 25 heavy (non-hydrogen) atoms. The molecule has 0 aliphatic carbocycles. The maximum absolute atomic E-state index is 12.3. The predicted octanol–water partition coefficient (Wildman–Crippen LogP) is 2.79. The van der Waals surface area contributed by atoms with E-state index in [-0.39, 0.29) is 16.5 Å². The molecule has 0 spiro atoms. The molecule has 0 bridgehead atoms. The number of methoxy groups -OCH3 is 1. The summed E-state index contributed by atoms with van der Waals surface area (Å²) in [4.78, 5) is 38.2. The average Bonchev–Trinajstić information content (AvgIpc) is 3.19. The molecular formula is C17H18N2O5S. The maximum Gasteiger partial charge on any atom is 0.341 e. The molecule has 2 heterocycles. The van der Waals surface area contributed by atoms with E-state index < -0.39 is 11.9 Å². The van der Waals surface area contributed by atoms with Crippen LogP contribution in [0.2, 0.25) is 0 Å². The van der Waals surface area contributed by atoms with Crippen LogP contribution in [-0.4, -0.2) is 43.9 Å². The normalized spacial score (nSPS) is 10.7. The first-order valence-corrected chi connectivity index (χ1v) is 8.12. The lowest BCUT2D eigenvalue weighted by Gasteiger charge is -2.08. The number of esters is 1. The van der Waals surface area contributed by atoms with Crippen LogP contribution in [0.3, 0.4) is 0 Å². The molecule has 2 amide bonds. The lowest BCUT2D eigenvalue weighted by Crippen LogP contribution is -2.21. The maximum atomic E-state index is 12.3. The Hall–Kier alpha value is -2.87. The van der Waals surface area contributed by atoms with Crippen LogP contribution >= 0.6 is 11.3 Å². The van der Waals surface area contributed by atoms with Gasteiger partial charge in [-0.15, -0.1) is 11.3 Å². The van der Waals surface area contributed by atoms with E-state index in [1.54, 1.807) is 33.2 Å². The number of thiophene rings is 1. The first-order valence-electron chi connectivity index (χ1n) is 7.31. The van der Waals surface area contributed by atoms with Gasteiger partial charge in [-0.05, 0) is 30.7 Å². The van der Waals surface area contributed by atoms with Crippen LogP contribution < -0.4 is 5.32 Å². The van der Waals surface area contributed by atoms with Gasteiger partial charge in [-0.25, -0.2) is 4.79 Å². The first-order chi connectivity index (χ1) is 11.8. The summed E-state index contributed by atoms with van der Waals surface area (Å²) in [5, 5.41) is 2.89. The van der Waals surface area contributed by atoms with Crippen molar-refractivity contribution in [3.8, 4) is 0 Å². The molecule has 8 heteroatoms.